The van der Waals surface area contributed by atoms with Gasteiger partial charge in [0.1, 0.15) is 0 Å². The summed E-state index contributed by atoms with van der Waals surface area (Å²) in [5.74, 6) is 0.590. The number of thiazole rings is 1. The highest BCUT2D eigenvalue weighted by atomic mass is 32.2. The molecule has 0 saturated carbocycles. The van der Waals surface area contributed by atoms with Crippen LogP contribution in [0.2, 0.25) is 0 Å². The second-order valence-corrected chi connectivity index (χ2v) is 7.84. The van der Waals surface area contributed by atoms with E-state index in [1.54, 1.807) is 6.92 Å². The third kappa shape index (κ3) is 4.04. The minimum atomic E-state index is -3.26. The molecular weight excluding hydrogens is 304 g/mol. The highest BCUT2D eigenvalue weighted by Gasteiger charge is 2.11. The molecule has 1 heterocycles. The predicted octanol–water partition coefficient (Wildman–Crippen LogP) is 4.09. The number of hydrogen-bond donors (Lipinski definition) is 1. The molecule has 1 unspecified atom stereocenters. The van der Waals surface area contributed by atoms with Crippen molar-refractivity contribution in [3.05, 3.63) is 35.2 Å². The van der Waals surface area contributed by atoms with Gasteiger partial charge in [-0.2, -0.15) is 0 Å². The van der Waals surface area contributed by atoms with Crippen LogP contribution in [0.3, 0.4) is 0 Å². The fourth-order valence-corrected chi connectivity index (χ4v) is 3.47. The van der Waals surface area contributed by atoms with Gasteiger partial charge in [-0.05, 0) is 24.8 Å². The van der Waals surface area contributed by atoms with Crippen LogP contribution in [-0.4, -0.2) is 19.2 Å². The fourth-order valence-electron chi connectivity index (χ4n) is 1.88. The molecule has 4 nitrogen and oxygen atoms in total. The van der Waals surface area contributed by atoms with E-state index in [9.17, 15) is 8.42 Å². The Balaban J connectivity index is 2.18. The summed E-state index contributed by atoms with van der Waals surface area (Å²) in [4.78, 5) is 4.34. The molecule has 0 fully saturated rings. The van der Waals surface area contributed by atoms with Crippen LogP contribution in [0.15, 0.2) is 29.6 Å². The van der Waals surface area contributed by atoms with Crippen molar-refractivity contribution in [1.29, 1.82) is 0 Å². The van der Waals surface area contributed by atoms with Crippen LogP contribution in [0.25, 0.3) is 11.3 Å². The molecule has 1 aromatic carbocycles. The molecule has 0 spiro atoms. The van der Waals surface area contributed by atoms with Gasteiger partial charge in [-0.3, -0.25) is 4.72 Å². The smallest absolute Gasteiger partial charge is 0.234 e. The molecule has 1 atom stereocenters. The first-order valence-corrected chi connectivity index (χ1v) is 9.54. The number of nitrogens with one attached hydrogen (secondary N) is 1. The van der Waals surface area contributed by atoms with Crippen LogP contribution in [0.5, 0.6) is 0 Å². The number of benzene rings is 1. The number of sulfonamides is 1. The van der Waals surface area contributed by atoms with Gasteiger partial charge in [0.2, 0.25) is 10.0 Å². The monoisotopic (exact) mass is 324 g/mol. The summed E-state index contributed by atoms with van der Waals surface area (Å²) >= 11 is 1.30. The molecule has 0 aliphatic heterocycles. The number of anilines is 1. The summed E-state index contributed by atoms with van der Waals surface area (Å²) in [6.07, 6.45) is 1.11. The summed E-state index contributed by atoms with van der Waals surface area (Å²) in [7, 11) is -3.26. The Labute approximate surface area is 130 Å². The quantitative estimate of drug-likeness (QED) is 0.871. The molecule has 2 aromatic rings. The van der Waals surface area contributed by atoms with Crippen molar-refractivity contribution < 1.29 is 8.42 Å². The maximum Gasteiger partial charge on any atom is 0.234 e. The molecule has 6 heteroatoms. The highest BCUT2D eigenvalue weighted by Crippen LogP contribution is 2.27. The lowest BCUT2D eigenvalue weighted by atomic mass is 9.97. The van der Waals surface area contributed by atoms with Gasteiger partial charge in [0.25, 0.3) is 0 Å². The zero-order chi connectivity index (χ0) is 15.5. The van der Waals surface area contributed by atoms with Crippen molar-refractivity contribution in [1.82, 2.24) is 4.98 Å². The average molecular weight is 324 g/mol. The van der Waals surface area contributed by atoms with Crippen molar-refractivity contribution >= 4 is 26.5 Å². The number of nitrogens with zero attached hydrogens (tertiary/aromatic N) is 1. The average Bonchev–Trinajstić information content (AvgIpc) is 2.94. The summed E-state index contributed by atoms with van der Waals surface area (Å²) in [6.45, 7) is 5.98. The van der Waals surface area contributed by atoms with Gasteiger partial charge in [0, 0.05) is 10.9 Å². The largest absolute Gasteiger partial charge is 0.259 e. The summed E-state index contributed by atoms with van der Waals surface area (Å²) in [6, 6.07) is 8.29. The Bertz CT molecular complexity index is 691. The molecule has 114 valence electrons. The Hall–Kier alpha value is -1.40. The normalized spacial score (nSPS) is 13.1. The van der Waals surface area contributed by atoms with Crippen LogP contribution in [0, 0.1) is 0 Å². The van der Waals surface area contributed by atoms with Gasteiger partial charge in [0.05, 0.1) is 11.4 Å². The van der Waals surface area contributed by atoms with Crippen molar-refractivity contribution in [2.75, 3.05) is 10.5 Å². The van der Waals surface area contributed by atoms with Crippen LogP contribution in [0.4, 0.5) is 5.13 Å². The van der Waals surface area contributed by atoms with Crippen LogP contribution in [0.1, 0.15) is 38.7 Å². The summed E-state index contributed by atoms with van der Waals surface area (Å²) in [5, 5.41) is 2.28. The fraction of sp³-hybridized carbons (Fsp3) is 0.400. The molecule has 0 amide bonds. The zero-order valence-electron chi connectivity index (χ0n) is 12.5. The number of hydrogen-bond acceptors (Lipinski definition) is 4. The lowest BCUT2D eigenvalue weighted by Crippen LogP contribution is -2.14. The van der Waals surface area contributed by atoms with E-state index >= 15 is 0 Å². The highest BCUT2D eigenvalue weighted by molar-refractivity contribution is 7.92. The molecule has 0 aliphatic rings. The van der Waals surface area contributed by atoms with E-state index in [-0.39, 0.29) is 5.75 Å². The van der Waals surface area contributed by atoms with Gasteiger partial charge in [-0.15, -0.1) is 11.3 Å². The van der Waals surface area contributed by atoms with Gasteiger partial charge in [-0.25, -0.2) is 13.4 Å². The molecule has 1 aromatic heterocycles. The van der Waals surface area contributed by atoms with Crippen molar-refractivity contribution in [2.24, 2.45) is 0 Å². The lowest BCUT2D eigenvalue weighted by molar-refractivity contribution is 0.602. The van der Waals surface area contributed by atoms with E-state index in [0.29, 0.717) is 11.0 Å². The third-order valence-corrected chi connectivity index (χ3v) is 5.67. The topological polar surface area (TPSA) is 59.1 Å². The minimum absolute atomic E-state index is 0.0471. The lowest BCUT2D eigenvalue weighted by Gasteiger charge is -2.08. The maximum absolute atomic E-state index is 11.5. The van der Waals surface area contributed by atoms with E-state index in [1.165, 1.54) is 16.9 Å². The molecular formula is C15H20N2O2S2. The molecule has 0 saturated heterocycles. The Morgan fingerprint density at radius 3 is 2.48 bits per heavy atom. The molecule has 0 bridgehead atoms. The standard InChI is InChI=1S/C15H20N2O2S2/c1-4-11(3)12-6-8-13(9-7-12)14-10-20-15(16-14)17-21(18,19)5-2/h6-11H,4-5H2,1-3H3,(H,16,17). The predicted molar refractivity (Wildman–Crippen MR) is 89.3 cm³/mol. The second-order valence-electron chi connectivity index (χ2n) is 4.97. The Morgan fingerprint density at radius 2 is 1.90 bits per heavy atom. The van der Waals surface area contributed by atoms with Gasteiger partial charge < -0.3 is 0 Å². The van der Waals surface area contributed by atoms with Crippen molar-refractivity contribution in [3.63, 3.8) is 0 Å². The van der Waals surface area contributed by atoms with Crippen LogP contribution in [-0.2, 0) is 10.0 Å². The third-order valence-electron chi connectivity index (χ3n) is 3.51. The Kier molecular flexibility index (Phi) is 5.00. The number of rotatable bonds is 6. The summed E-state index contributed by atoms with van der Waals surface area (Å²) in [5.41, 5.74) is 3.10. The van der Waals surface area contributed by atoms with Gasteiger partial charge >= 0.3 is 0 Å². The van der Waals surface area contributed by atoms with Gasteiger partial charge in [0.15, 0.2) is 5.13 Å². The van der Waals surface area contributed by atoms with E-state index in [0.717, 1.165) is 17.7 Å². The molecule has 21 heavy (non-hydrogen) atoms. The van der Waals surface area contributed by atoms with E-state index in [4.69, 9.17) is 0 Å². The SMILES string of the molecule is CCC(C)c1ccc(-c2csc(NS(=O)(=O)CC)n2)cc1. The zero-order valence-corrected chi connectivity index (χ0v) is 14.1. The van der Waals surface area contributed by atoms with Crippen molar-refractivity contribution in [2.45, 2.75) is 33.1 Å². The van der Waals surface area contributed by atoms with E-state index in [1.807, 2.05) is 17.5 Å². The van der Waals surface area contributed by atoms with Crippen LogP contribution >= 0.6 is 11.3 Å². The Morgan fingerprint density at radius 1 is 1.24 bits per heavy atom. The van der Waals surface area contributed by atoms with Crippen molar-refractivity contribution in [3.8, 4) is 11.3 Å². The second kappa shape index (κ2) is 6.58. The molecule has 0 radical (unpaired) electrons. The molecule has 1 N–H and O–H groups in total. The minimum Gasteiger partial charge on any atom is -0.259 e. The molecule has 0 aliphatic carbocycles. The first-order valence-electron chi connectivity index (χ1n) is 7.01. The van der Waals surface area contributed by atoms with E-state index < -0.39 is 10.0 Å². The first-order chi connectivity index (χ1) is 9.95. The maximum atomic E-state index is 11.5. The summed E-state index contributed by atoms with van der Waals surface area (Å²) < 4.78 is 25.5. The van der Waals surface area contributed by atoms with Crippen LogP contribution < -0.4 is 4.72 Å². The van der Waals surface area contributed by atoms with Gasteiger partial charge in [-0.1, -0.05) is 38.1 Å². The molecule has 2 rings (SSSR count). The first kappa shape index (κ1) is 16.0. The number of aromatic nitrogens is 1. The van der Waals surface area contributed by atoms with E-state index in [2.05, 4.69) is 35.7 Å².